The number of para-hydroxylation sites is 1. The van der Waals surface area contributed by atoms with Gasteiger partial charge in [0.05, 0.1) is 16.9 Å². The minimum Gasteiger partial charge on any atom is -0.397 e. The maximum atomic E-state index is 12.6. The van der Waals surface area contributed by atoms with E-state index in [9.17, 15) is 13.2 Å². The van der Waals surface area contributed by atoms with Crippen LogP contribution in [0.2, 0.25) is 0 Å². The molecule has 0 amide bonds. The van der Waals surface area contributed by atoms with Gasteiger partial charge in [0.1, 0.15) is 0 Å². The largest absolute Gasteiger partial charge is 0.416 e. The third-order valence-electron chi connectivity index (χ3n) is 3.23. The SMILES string of the molecule is CC(C)c1ccccc1Nc1ccc(C(F)(F)F)cc1N. The first-order valence-corrected chi connectivity index (χ1v) is 6.61. The van der Waals surface area contributed by atoms with Crippen LogP contribution in [0.4, 0.5) is 30.2 Å². The normalized spacial score (nSPS) is 11.7. The molecule has 0 radical (unpaired) electrons. The monoisotopic (exact) mass is 294 g/mol. The Morgan fingerprint density at radius 2 is 1.67 bits per heavy atom. The second-order valence-corrected chi connectivity index (χ2v) is 5.17. The number of alkyl halides is 3. The number of benzene rings is 2. The Balaban J connectivity index is 2.33. The third-order valence-corrected chi connectivity index (χ3v) is 3.23. The van der Waals surface area contributed by atoms with Gasteiger partial charge in [0.25, 0.3) is 0 Å². The third kappa shape index (κ3) is 3.48. The molecule has 0 unspecified atom stereocenters. The van der Waals surface area contributed by atoms with E-state index >= 15 is 0 Å². The molecule has 2 aromatic carbocycles. The Labute approximate surface area is 121 Å². The Bertz CT molecular complexity index is 634. The van der Waals surface area contributed by atoms with Crippen molar-refractivity contribution in [2.45, 2.75) is 25.9 Å². The number of nitrogens with two attached hydrogens (primary N) is 1. The predicted molar refractivity (Wildman–Crippen MR) is 79.7 cm³/mol. The van der Waals surface area contributed by atoms with Gasteiger partial charge in [-0.25, -0.2) is 0 Å². The number of nitrogen functional groups attached to an aromatic ring is 1. The summed E-state index contributed by atoms with van der Waals surface area (Å²) < 4.78 is 37.9. The molecule has 21 heavy (non-hydrogen) atoms. The molecule has 0 aromatic heterocycles. The molecular weight excluding hydrogens is 277 g/mol. The molecule has 3 N–H and O–H groups in total. The molecule has 0 heterocycles. The molecule has 0 aliphatic heterocycles. The van der Waals surface area contributed by atoms with Gasteiger partial charge in [0.15, 0.2) is 0 Å². The summed E-state index contributed by atoms with van der Waals surface area (Å²) in [5.74, 6) is 0.296. The van der Waals surface area contributed by atoms with Crippen molar-refractivity contribution in [1.82, 2.24) is 0 Å². The van der Waals surface area contributed by atoms with Crippen molar-refractivity contribution in [3.8, 4) is 0 Å². The van der Waals surface area contributed by atoms with Crippen LogP contribution in [-0.2, 0) is 6.18 Å². The molecule has 0 saturated carbocycles. The molecule has 0 aliphatic carbocycles. The zero-order chi connectivity index (χ0) is 15.6. The van der Waals surface area contributed by atoms with Gasteiger partial charge >= 0.3 is 6.18 Å². The van der Waals surface area contributed by atoms with E-state index in [1.165, 1.54) is 6.07 Å². The minimum atomic E-state index is -4.39. The van der Waals surface area contributed by atoms with E-state index in [0.717, 1.165) is 23.4 Å². The van der Waals surface area contributed by atoms with Crippen LogP contribution < -0.4 is 11.1 Å². The van der Waals surface area contributed by atoms with Crippen molar-refractivity contribution in [2.24, 2.45) is 0 Å². The van der Waals surface area contributed by atoms with Gasteiger partial charge < -0.3 is 11.1 Å². The van der Waals surface area contributed by atoms with Gasteiger partial charge in [-0.2, -0.15) is 13.2 Å². The van der Waals surface area contributed by atoms with Gasteiger partial charge in [0, 0.05) is 5.69 Å². The number of anilines is 3. The van der Waals surface area contributed by atoms with E-state index in [1.807, 2.05) is 24.3 Å². The summed E-state index contributed by atoms with van der Waals surface area (Å²) in [5.41, 5.74) is 7.45. The first kappa shape index (κ1) is 15.2. The second-order valence-electron chi connectivity index (χ2n) is 5.17. The lowest BCUT2D eigenvalue weighted by Gasteiger charge is -2.17. The topological polar surface area (TPSA) is 38.0 Å². The molecule has 0 bridgehead atoms. The molecular formula is C16H17F3N2. The molecule has 112 valence electrons. The Kier molecular flexibility index (Phi) is 4.11. The van der Waals surface area contributed by atoms with Crippen molar-refractivity contribution in [2.75, 3.05) is 11.1 Å². The first-order valence-electron chi connectivity index (χ1n) is 6.61. The summed E-state index contributed by atoms with van der Waals surface area (Å²) in [6.07, 6.45) is -4.39. The molecule has 2 aromatic rings. The first-order chi connectivity index (χ1) is 9.79. The highest BCUT2D eigenvalue weighted by atomic mass is 19.4. The fraction of sp³-hybridized carbons (Fsp3) is 0.250. The highest BCUT2D eigenvalue weighted by Crippen LogP contribution is 2.35. The van der Waals surface area contributed by atoms with Crippen LogP contribution >= 0.6 is 0 Å². The fourth-order valence-electron chi connectivity index (χ4n) is 2.11. The lowest BCUT2D eigenvalue weighted by Crippen LogP contribution is -2.07. The number of hydrogen-bond donors (Lipinski definition) is 2. The van der Waals surface area contributed by atoms with Crippen molar-refractivity contribution in [3.63, 3.8) is 0 Å². The zero-order valence-corrected chi connectivity index (χ0v) is 11.8. The fourth-order valence-corrected chi connectivity index (χ4v) is 2.11. The number of nitrogens with one attached hydrogen (secondary N) is 1. The summed E-state index contributed by atoms with van der Waals surface area (Å²) in [7, 11) is 0. The average molecular weight is 294 g/mol. The minimum absolute atomic E-state index is 0.0726. The number of rotatable bonds is 3. The van der Waals surface area contributed by atoms with Gasteiger partial charge in [0.2, 0.25) is 0 Å². The van der Waals surface area contributed by atoms with E-state index < -0.39 is 11.7 Å². The Morgan fingerprint density at radius 3 is 2.24 bits per heavy atom. The van der Waals surface area contributed by atoms with E-state index in [1.54, 1.807) is 0 Å². The lowest BCUT2D eigenvalue weighted by atomic mass is 10.0. The van der Waals surface area contributed by atoms with E-state index in [0.29, 0.717) is 11.6 Å². The maximum Gasteiger partial charge on any atom is 0.416 e. The number of hydrogen-bond acceptors (Lipinski definition) is 2. The van der Waals surface area contributed by atoms with Crippen molar-refractivity contribution < 1.29 is 13.2 Å². The molecule has 0 aliphatic rings. The highest BCUT2D eigenvalue weighted by molar-refractivity contribution is 5.74. The number of halogens is 3. The summed E-state index contributed by atoms with van der Waals surface area (Å²) >= 11 is 0. The van der Waals surface area contributed by atoms with Gasteiger partial charge in [-0.1, -0.05) is 32.0 Å². The van der Waals surface area contributed by atoms with Crippen LogP contribution in [0.3, 0.4) is 0 Å². The van der Waals surface area contributed by atoms with Crippen molar-refractivity contribution in [3.05, 3.63) is 53.6 Å². The highest BCUT2D eigenvalue weighted by Gasteiger charge is 2.30. The lowest BCUT2D eigenvalue weighted by molar-refractivity contribution is -0.137. The summed E-state index contributed by atoms with van der Waals surface area (Å²) in [6, 6.07) is 11.0. The second kappa shape index (κ2) is 5.68. The molecule has 0 atom stereocenters. The summed E-state index contributed by atoms with van der Waals surface area (Å²) in [4.78, 5) is 0. The van der Waals surface area contributed by atoms with Crippen LogP contribution in [0.25, 0.3) is 0 Å². The maximum absolute atomic E-state index is 12.6. The molecule has 5 heteroatoms. The van der Waals surface area contributed by atoms with E-state index in [4.69, 9.17) is 5.73 Å². The van der Waals surface area contributed by atoms with Crippen LogP contribution in [-0.4, -0.2) is 0 Å². The average Bonchev–Trinajstić information content (AvgIpc) is 2.40. The molecule has 0 saturated heterocycles. The smallest absolute Gasteiger partial charge is 0.397 e. The zero-order valence-electron chi connectivity index (χ0n) is 11.8. The summed E-state index contributed by atoms with van der Waals surface area (Å²) in [6.45, 7) is 4.10. The molecule has 0 spiro atoms. The van der Waals surface area contributed by atoms with Crippen LogP contribution in [0, 0.1) is 0 Å². The van der Waals surface area contributed by atoms with Crippen LogP contribution in [0.5, 0.6) is 0 Å². The molecule has 2 nitrogen and oxygen atoms in total. The predicted octanol–water partition coefficient (Wildman–Crippen LogP) is 5.15. The van der Waals surface area contributed by atoms with Crippen molar-refractivity contribution >= 4 is 17.1 Å². The van der Waals surface area contributed by atoms with Crippen LogP contribution in [0.15, 0.2) is 42.5 Å². The van der Waals surface area contributed by atoms with E-state index in [2.05, 4.69) is 19.2 Å². The van der Waals surface area contributed by atoms with Gasteiger partial charge in [-0.15, -0.1) is 0 Å². The Hall–Kier alpha value is -2.17. The van der Waals surface area contributed by atoms with Gasteiger partial charge in [-0.3, -0.25) is 0 Å². The molecule has 0 fully saturated rings. The quantitative estimate of drug-likeness (QED) is 0.768. The summed E-state index contributed by atoms with van der Waals surface area (Å²) in [5, 5.41) is 3.11. The Morgan fingerprint density at radius 1 is 1.00 bits per heavy atom. The van der Waals surface area contributed by atoms with Crippen molar-refractivity contribution in [1.29, 1.82) is 0 Å². The van der Waals surface area contributed by atoms with E-state index in [-0.39, 0.29) is 5.69 Å². The standard InChI is InChI=1S/C16H17F3N2/c1-10(2)12-5-3-4-6-14(12)21-15-8-7-11(9-13(15)20)16(17,18)19/h3-10,21H,20H2,1-2H3. The molecule has 2 rings (SSSR count). The van der Waals surface area contributed by atoms with Crippen LogP contribution in [0.1, 0.15) is 30.9 Å². The van der Waals surface area contributed by atoms with Gasteiger partial charge in [-0.05, 0) is 35.7 Å².